The summed E-state index contributed by atoms with van der Waals surface area (Å²) in [6.07, 6.45) is 3.03. The van der Waals surface area contributed by atoms with Gasteiger partial charge < -0.3 is 31.2 Å². The minimum absolute atomic E-state index is 0. The fourth-order valence-corrected chi connectivity index (χ4v) is 3.35. The number of hydrogen-bond acceptors (Lipinski definition) is 0. The molecule has 3 aromatic carbocycles. The van der Waals surface area contributed by atoms with E-state index in [-0.39, 0.29) is 61.8 Å². The van der Waals surface area contributed by atoms with Crippen LogP contribution in [0.2, 0.25) is 0 Å². The minimum Gasteiger partial charge on any atom is -1.00 e. The molecule has 3 aromatic rings. The average molecular weight is 548 g/mol. The van der Waals surface area contributed by atoms with Gasteiger partial charge in [0, 0.05) is 0 Å². The first-order chi connectivity index (χ1) is 13.6. The normalized spacial score (nSPS) is 11.0. The molecule has 0 saturated carbocycles. The van der Waals surface area contributed by atoms with Gasteiger partial charge in [-0.1, -0.05) is 65.3 Å². The molecule has 0 amide bonds. The van der Waals surface area contributed by atoms with Crippen molar-refractivity contribution in [1.29, 1.82) is 0 Å². The van der Waals surface area contributed by atoms with Crippen LogP contribution in [-0.4, -0.2) is 0 Å². The van der Waals surface area contributed by atoms with Crippen molar-refractivity contribution in [2.45, 2.75) is 72.6 Å². The zero-order valence-electron chi connectivity index (χ0n) is 20.8. The largest absolute Gasteiger partial charge is 2.00 e. The molecule has 0 unspecified atom stereocenters. The summed E-state index contributed by atoms with van der Waals surface area (Å²) in [5, 5.41) is 0. The third kappa shape index (κ3) is 9.25. The maximum atomic E-state index is 3.67. The van der Waals surface area contributed by atoms with Crippen molar-refractivity contribution in [2.24, 2.45) is 0 Å². The molecule has 4 rings (SSSR count). The minimum atomic E-state index is 0. The van der Waals surface area contributed by atoms with Crippen LogP contribution in [-0.2, 0) is 43.5 Å². The fourth-order valence-electron chi connectivity index (χ4n) is 3.35. The Bertz CT molecular complexity index is 819. The summed E-state index contributed by atoms with van der Waals surface area (Å²) in [5.74, 6) is 0. The van der Waals surface area contributed by atoms with E-state index in [0.29, 0.717) is 0 Å². The molecule has 32 heavy (non-hydrogen) atoms. The van der Waals surface area contributed by atoms with Gasteiger partial charge in [-0.2, -0.15) is 55.8 Å². The molecule has 0 heterocycles. The molecule has 0 N–H and O–H groups in total. The van der Waals surface area contributed by atoms with Crippen LogP contribution in [0.15, 0.2) is 60.7 Å². The smallest absolute Gasteiger partial charge is 1.00 e. The Hall–Kier alpha value is -0.747. The van der Waals surface area contributed by atoms with Gasteiger partial charge >= 0.3 is 26.2 Å². The summed E-state index contributed by atoms with van der Waals surface area (Å²) >= 11 is 0. The van der Waals surface area contributed by atoms with E-state index in [2.05, 4.69) is 77.9 Å². The third-order valence-corrected chi connectivity index (χ3v) is 5.02. The van der Waals surface area contributed by atoms with Crippen LogP contribution in [0.1, 0.15) is 77.6 Å². The summed E-state index contributed by atoms with van der Waals surface area (Å²) in [5.41, 5.74) is 8.70. The summed E-state index contributed by atoms with van der Waals surface area (Å²) < 4.78 is 0. The van der Waals surface area contributed by atoms with Crippen LogP contribution in [0, 0.1) is 12.5 Å². The maximum absolute atomic E-state index is 3.67. The van der Waals surface area contributed by atoms with Crippen molar-refractivity contribution < 1.29 is 51.0 Å². The van der Waals surface area contributed by atoms with Crippen molar-refractivity contribution in [3.8, 4) is 11.1 Å². The first kappa shape index (κ1) is 33.4. The predicted molar refractivity (Wildman–Crippen MR) is 129 cm³/mol. The second kappa shape index (κ2) is 14.5. The molecule has 0 nitrogen and oxygen atoms in total. The Labute approximate surface area is 228 Å². The Morgan fingerprint density at radius 1 is 0.812 bits per heavy atom. The number of benzene rings is 2. The van der Waals surface area contributed by atoms with E-state index in [4.69, 9.17) is 0 Å². The third-order valence-electron chi connectivity index (χ3n) is 5.02. The van der Waals surface area contributed by atoms with Crippen LogP contribution in [0.4, 0.5) is 0 Å². The second-order valence-corrected chi connectivity index (χ2v) is 9.85. The average Bonchev–Trinajstić information content (AvgIpc) is 3.31. The van der Waals surface area contributed by atoms with Gasteiger partial charge in [0.15, 0.2) is 0 Å². The quantitative estimate of drug-likeness (QED) is 0.297. The van der Waals surface area contributed by atoms with E-state index in [1.807, 2.05) is 50.6 Å². The summed E-state index contributed by atoms with van der Waals surface area (Å²) in [6.45, 7) is 17.6. The molecular formula is C29H37Cl2Zr-3. The van der Waals surface area contributed by atoms with Gasteiger partial charge in [-0.15, -0.1) is 11.1 Å². The van der Waals surface area contributed by atoms with Gasteiger partial charge in [-0.05, 0) is 28.4 Å². The topological polar surface area (TPSA) is 0 Å². The van der Waals surface area contributed by atoms with Gasteiger partial charge in [-0.25, -0.2) is 12.1 Å². The molecule has 0 fully saturated rings. The molecule has 0 bridgehead atoms. The molecule has 0 aromatic heterocycles. The monoisotopic (exact) mass is 545 g/mol. The van der Waals surface area contributed by atoms with E-state index in [9.17, 15) is 0 Å². The Morgan fingerprint density at radius 3 is 1.78 bits per heavy atom. The SMILES string of the molecule is CC(C)(C)c1[c-]c2c(cc1)-c1ccc(C(C)(C)C)cc1C2.C[CH-]C.[Cl-].[Cl-].[Zr+2].c1cc[cH-]c1. The molecule has 1 aliphatic rings. The van der Waals surface area contributed by atoms with Gasteiger partial charge in [0.25, 0.3) is 0 Å². The first-order valence-corrected chi connectivity index (χ1v) is 10.7. The molecule has 3 heteroatoms. The Kier molecular flexibility index (Phi) is 15.1. The summed E-state index contributed by atoms with van der Waals surface area (Å²) in [4.78, 5) is 0. The van der Waals surface area contributed by atoms with E-state index in [1.165, 1.54) is 33.4 Å². The molecular weight excluding hydrogens is 510 g/mol. The van der Waals surface area contributed by atoms with Crippen molar-refractivity contribution in [3.63, 3.8) is 0 Å². The van der Waals surface area contributed by atoms with Crippen molar-refractivity contribution in [3.05, 3.63) is 95.4 Å². The number of halogens is 2. The molecule has 174 valence electrons. The second-order valence-electron chi connectivity index (χ2n) is 9.85. The van der Waals surface area contributed by atoms with Crippen molar-refractivity contribution in [1.82, 2.24) is 0 Å². The summed E-state index contributed by atoms with van der Waals surface area (Å²) in [7, 11) is 0. The molecule has 0 saturated heterocycles. The van der Waals surface area contributed by atoms with E-state index in [1.54, 1.807) is 0 Å². The molecule has 0 aliphatic heterocycles. The Balaban J connectivity index is 0. The van der Waals surface area contributed by atoms with E-state index < -0.39 is 0 Å². The van der Waals surface area contributed by atoms with E-state index in [0.717, 1.165) is 6.42 Å². The molecule has 0 atom stereocenters. The number of fused-ring (bicyclic) bond motifs is 3. The molecule has 0 radical (unpaired) electrons. The summed E-state index contributed by atoms with van der Waals surface area (Å²) in [6, 6.07) is 25.2. The van der Waals surface area contributed by atoms with Gasteiger partial charge in [0.05, 0.1) is 0 Å². The van der Waals surface area contributed by atoms with Gasteiger partial charge in [0.2, 0.25) is 0 Å². The van der Waals surface area contributed by atoms with Crippen molar-refractivity contribution in [2.75, 3.05) is 0 Å². The molecule has 1 aliphatic carbocycles. The fraction of sp³-hybridized carbons (Fsp3) is 0.379. The van der Waals surface area contributed by atoms with Crippen molar-refractivity contribution >= 4 is 0 Å². The van der Waals surface area contributed by atoms with Crippen LogP contribution in [0.3, 0.4) is 0 Å². The van der Waals surface area contributed by atoms with Crippen LogP contribution in [0.25, 0.3) is 11.1 Å². The van der Waals surface area contributed by atoms with E-state index >= 15 is 0 Å². The van der Waals surface area contributed by atoms with Crippen LogP contribution in [0.5, 0.6) is 0 Å². The first-order valence-electron chi connectivity index (χ1n) is 10.7. The Morgan fingerprint density at radius 2 is 1.34 bits per heavy atom. The number of hydrogen-bond donors (Lipinski definition) is 0. The van der Waals surface area contributed by atoms with Crippen LogP contribution < -0.4 is 24.8 Å². The zero-order chi connectivity index (χ0) is 21.7. The molecule has 0 spiro atoms. The zero-order valence-corrected chi connectivity index (χ0v) is 24.8. The maximum Gasteiger partial charge on any atom is 2.00 e. The number of rotatable bonds is 0. The van der Waals surface area contributed by atoms with Gasteiger partial charge in [-0.3, -0.25) is 0 Å². The predicted octanol–water partition coefficient (Wildman–Crippen LogP) is 2.29. The van der Waals surface area contributed by atoms with Gasteiger partial charge in [0.1, 0.15) is 0 Å². The standard InChI is InChI=1S/C21H25.C5H5.C3H7.2ClH.Zr/c1-20(2,3)16-7-9-18-14(12-16)11-15-13-17(21(4,5)6)8-10-19(15)18;1-2-4-5-3-1;1-3-2;;;/h7-10,12H,11H2,1-6H3;1-5H;3H,1-2H3;2*1H;/q3*-1;;;+2/p-2. The van der Waals surface area contributed by atoms with Crippen LogP contribution >= 0.6 is 0 Å².